The molecule has 3 N–H and O–H groups in total. The topological polar surface area (TPSA) is 181 Å². The van der Waals surface area contributed by atoms with E-state index in [1.54, 1.807) is 44.3 Å². The van der Waals surface area contributed by atoms with Gasteiger partial charge in [0.25, 0.3) is 25.8 Å². The zero-order chi connectivity index (χ0) is 25.7. The van der Waals surface area contributed by atoms with Crippen molar-refractivity contribution in [2.45, 2.75) is 16.7 Å². The van der Waals surface area contributed by atoms with Crippen LogP contribution >= 0.6 is 0 Å². The van der Waals surface area contributed by atoms with E-state index in [4.69, 9.17) is 0 Å². The van der Waals surface area contributed by atoms with Crippen LogP contribution in [0.3, 0.4) is 0 Å². The molecule has 3 aromatic carbocycles. The molecular weight excluding hydrogens is 500 g/mol. The van der Waals surface area contributed by atoms with Gasteiger partial charge in [0.15, 0.2) is 11.4 Å². The minimum atomic E-state index is -4.98. The summed E-state index contributed by atoms with van der Waals surface area (Å²) < 4.78 is 68.7. The Morgan fingerprint density at radius 3 is 2.09 bits per heavy atom. The molecule has 182 valence electrons. The van der Waals surface area contributed by atoms with Gasteiger partial charge in [0, 0.05) is 12.4 Å². The first-order valence-corrected chi connectivity index (χ1v) is 12.7. The molecule has 0 aliphatic carbocycles. The molecular formula is C21H18N4O8S2. The van der Waals surface area contributed by atoms with Crippen molar-refractivity contribution in [1.82, 2.24) is 9.36 Å². The van der Waals surface area contributed by atoms with Crippen LogP contribution in [-0.2, 0) is 27.3 Å². The molecule has 0 aliphatic rings. The highest BCUT2D eigenvalue weighted by Gasteiger charge is 2.24. The summed E-state index contributed by atoms with van der Waals surface area (Å²) in [7, 11) is -7.98. The summed E-state index contributed by atoms with van der Waals surface area (Å²) in [4.78, 5) is 11.6. The molecule has 0 spiro atoms. The van der Waals surface area contributed by atoms with Crippen LogP contribution < -0.4 is 5.56 Å². The first kappa shape index (κ1) is 24.3. The molecule has 1 heterocycles. The quantitative estimate of drug-likeness (QED) is 0.266. The summed E-state index contributed by atoms with van der Waals surface area (Å²) in [6.45, 7) is 1.59. The van der Waals surface area contributed by atoms with Crippen LogP contribution in [-0.4, -0.2) is 40.4 Å². The first-order valence-electron chi connectivity index (χ1n) is 9.81. The Kier molecular flexibility index (Phi) is 5.84. The average Bonchev–Trinajstić information content (AvgIpc) is 3.00. The first-order chi connectivity index (χ1) is 16.3. The van der Waals surface area contributed by atoms with Gasteiger partial charge in [-0.25, -0.2) is 4.68 Å². The minimum absolute atomic E-state index is 0.0368. The van der Waals surface area contributed by atoms with Crippen LogP contribution in [0, 0.1) is 6.92 Å². The van der Waals surface area contributed by atoms with E-state index in [9.17, 15) is 35.8 Å². The lowest BCUT2D eigenvalue weighted by Crippen LogP contribution is -2.19. The van der Waals surface area contributed by atoms with Gasteiger partial charge >= 0.3 is 0 Å². The van der Waals surface area contributed by atoms with Gasteiger partial charge < -0.3 is 5.11 Å². The Hall–Kier alpha value is -3.85. The van der Waals surface area contributed by atoms with Crippen molar-refractivity contribution in [2.75, 3.05) is 0 Å². The van der Waals surface area contributed by atoms with Gasteiger partial charge in [-0.15, -0.1) is 10.2 Å². The molecule has 4 aromatic rings. The van der Waals surface area contributed by atoms with Crippen molar-refractivity contribution >= 4 is 42.4 Å². The second-order valence-electron chi connectivity index (χ2n) is 7.52. The number of hydrogen-bond donors (Lipinski definition) is 3. The van der Waals surface area contributed by atoms with Crippen molar-refractivity contribution in [3.8, 4) is 11.4 Å². The summed E-state index contributed by atoms with van der Waals surface area (Å²) in [5, 5.41) is 18.2. The maximum absolute atomic E-state index is 13.0. The third-order valence-corrected chi connectivity index (χ3v) is 7.09. The van der Waals surface area contributed by atoms with Crippen LogP contribution in [0.25, 0.3) is 16.5 Å². The van der Waals surface area contributed by atoms with Crippen LogP contribution in [0.15, 0.2) is 79.4 Å². The van der Waals surface area contributed by atoms with Gasteiger partial charge in [-0.05, 0) is 48.7 Å². The van der Waals surface area contributed by atoms with E-state index in [-0.39, 0.29) is 16.5 Å². The second-order valence-corrected chi connectivity index (χ2v) is 10.3. The summed E-state index contributed by atoms with van der Waals surface area (Å²) in [6, 6.07) is 12.6. The molecule has 35 heavy (non-hydrogen) atoms. The van der Waals surface area contributed by atoms with Crippen molar-refractivity contribution in [2.24, 2.45) is 17.3 Å². The van der Waals surface area contributed by atoms with Gasteiger partial charge in [0.1, 0.15) is 10.6 Å². The molecule has 0 amide bonds. The zero-order valence-electron chi connectivity index (χ0n) is 18.2. The SMILES string of the molecule is Cc1c(N=Nc2c(S(=O)(=O)O)cc3cc(S(=O)(=O)O)ccc3c2O)c(=O)n(-c2ccccc2)n1C. The third kappa shape index (κ3) is 4.35. The van der Waals surface area contributed by atoms with Gasteiger partial charge in [-0.1, -0.05) is 18.2 Å². The van der Waals surface area contributed by atoms with E-state index in [1.807, 2.05) is 0 Å². The predicted molar refractivity (Wildman–Crippen MR) is 125 cm³/mol. The molecule has 0 bridgehead atoms. The Labute approximate surface area is 198 Å². The number of para-hydroxylation sites is 1. The fourth-order valence-electron chi connectivity index (χ4n) is 3.55. The average molecular weight is 519 g/mol. The molecule has 0 saturated heterocycles. The van der Waals surface area contributed by atoms with E-state index in [1.165, 1.54) is 9.36 Å². The van der Waals surface area contributed by atoms with Crippen LogP contribution in [0.1, 0.15) is 5.69 Å². The smallest absolute Gasteiger partial charge is 0.299 e. The van der Waals surface area contributed by atoms with Crippen molar-refractivity contribution in [3.63, 3.8) is 0 Å². The van der Waals surface area contributed by atoms with E-state index < -0.39 is 47.0 Å². The van der Waals surface area contributed by atoms with Gasteiger partial charge in [-0.2, -0.15) is 16.8 Å². The minimum Gasteiger partial charge on any atom is -0.505 e. The Morgan fingerprint density at radius 1 is 0.857 bits per heavy atom. The Bertz CT molecular complexity index is 1790. The molecule has 0 aliphatic heterocycles. The Morgan fingerprint density at radius 2 is 1.49 bits per heavy atom. The monoisotopic (exact) mass is 518 g/mol. The summed E-state index contributed by atoms with van der Waals surface area (Å²) in [5.74, 6) is -0.738. The Balaban J connectivity index is 1.94. The lowest BCUT2D eigenvalue weighted by atomic mass is 10.1. The second kappa shape index (κ2) is 8.42. The number of nitrogens with zero attached hydrogens (tertiary/aromatic N) is 4. The summed E-state index contributed by atoms with van der Waals surface area (Å²) in [6.07, 6.45) is 0. The molecule has 0 atom stereocenters. The number of phenolic OH excluding ortho intramolecular Hbond substituents is 1. The van der Waals surface area contributed by atoms with Gasteiger partial charge in [0.2, 0.25) is 0 Å². The lowest BCUT2D eigenvalue weighted by molar-refractivity contribution is 0.472. The highest BCUT2D eigenvalue weighted by molar-refractivity contribution is 7.86. The largest absolute Gasteiger partial charge is 0.505 e. The van der Waals surface area contributed by atoms with E-state index in [2.05, 4.69) is 10.2 Å². The summed E-state index contributed by atoms with van der Waals surface area (Å²) >= 11 is 0. The fraction of sp³-hybridized carbons (Fsp3) is 0.0952. The number of phenols is 1. The molecule has 0 radical (unpaired) electrons. The van der Waals surface area contributed by atoms with Crippen molar-refractivity contribution in [3.05, 3.63) is 70.6 Å². The molecule has 0 unspecified atom stereocenters. The number of hydrogen-bond acceptors (Lipinski definition) is 8. The molecule has 12 nitrogen and oxygen atoms in total. The van der Waals surface area contributed by atoms with E-state index in [0.717, 1.165) is 24.3 Å². The van der Waals surface area contributed by atoms with E-state index in [0.29, 0.717) is 11.4 Å². The van der Waals surface area contributed by atoms with Gasteiger partial charge in [0.05, 0.1) is 16.3 Å². The fourth-order valence-corrected chi connectivity index (χ4v) is 4.73. The van der Waals surface area contributed by atoms with Crippen molar-refractivity contribution < 1.29 is 31.0 Å². The zero-order valence-corrected chi connectivity index (χ0v) is 19.8. The number of rotatable bonds is 5. The molecule has 4 rings (SSSR count). The molecule has 0 saturated carbocycles. The van der Waals surface area contributed by atoms with Crippen LogP contribution in [0.5, 0.6) is 5.75 Å². The lowest BCUT2D eigenvalue weighted by Gasteiger charge is -2.09. The number of aromatic hydroxyl groups is 1. The molecule has 14 heteroatoms. The molecule has 1 aromatic heterocycles. The highest BCUT2D eigenvalue weighted by Crippen LogP contribution is 2.41. The number of fused-ring (bicyclic) bond motifs is 1. The normalized spacial score (nSPS) is 12.6. The van der Waals surface area contributed by atoms with Gasteiger partial charge in [-0.3, -0.25) is 18.6 Å². The van der Waals surface area contributed by atoms with E-state index >= 15 is 0 Å². The standard InChI is InChI=1S/C21H18N4O8S2/c1-12-18(21(27)25(24(12)2)14-6-4-3-5-7-14)22-23-19-17(35(31,32)33)11-13-10-15(34(28,29)30)8-9-16(13)20(19)26/h3-11,26H,1-2H3,(H,28,29,30)(H,31,32,33). The number of aromatic nitrogens is 2. The van der Waals surface area contributed by atoms with Crippen LogP contribution in [0.4, 0.5) is 11.4 Å². The number of benzene rings is 3. The number of azo groups is 1. The predicted octanol–water partition coefficient (Wildman–Crippen LogP) is 3.25. The maximum Gasteiger partial charge on any atom is 0.299 e. The van der Waals surface area contributed by atoms with Crippen LogP contribution in [0.2, 0.25) is 0 Å². The van der Waals surface area contributed by atoms with Crippen molar-refractivity contribution in [1.29, 1.82) is 0 Å². The third-order valence-electron chi connectivity index (χ3n) is 5.37. The summed E-state index contributed by atoms with van der Waals surface area (Å²) in [5.41, 5.74) is -0.431. The molecule has 0 fully saturated rings. The maximum atomic E-state index is 13.0. The highest BCUT2D eigenvalue weighted by atomic mass is 32.2.